The van der Waals surface area contributed by atoms with Crippen LogP contribution in [0.3, 0.4) is 0 Å². The molecule has 0 spiro atoms. The van der Waals surface area contributed by atoms with E-state index in [0.29, 0.717) is 56.6 Å². The minimum Gasteiger partial charge on any atom is -0.508 e. The molecule has 0 radical (unpaired) electrons. The fraction of sp³-hybridized carbons (Fsp3) is 0.348. The Balaban J connectivity index is 1.33. The lowest BCUT2D eigenvalue weighted by molar-refractivity contribution is -0.126. The zero-order valence-electron chi connectivity index (χ0n) is 17.1. The summed E-state index contributed by atoms with van der Waals surface area (Å²) in [6.45, 7) is 1.80. The van der Waals surface area contributed by atoms with Gasteiger partial charge in [0, 0.05) is 43.2 Å². The lowest BCUT2D eigenvalue weighted by atomic mass is 9.95. The Morgan fingerprint density at radius 2 is 1.65 bits per heavy atom. The van der Waals surface area contributed by atoms with E-state index in [0.717, 1.165) is 0 Å². The van der Waals surface area contributed by atoms with Gasteiger partial charge in [-0.2, -0.15) is 0 Å². The molecule has 0 atom stereocenters. The molecule has 2 aromatic carbocycles. The average Bonchev–Trinajstić information content (AvgIpc) is 2.78. The summed E-state index contributed by atoms with van der Waals surface area (Å²) in [6.07, 6.45) is 1.73. The summed E-state index contributed by atoms with van der Waals surface area (Å²) >= 11 is 0. The predicted octanol–water partition coefficient (Wildman–Crippen LogP) is 2.32. The number of phenols is 1. The van der Waals surface area contributed by atoms with Crippen molar-refractivity contribution in [3.05, 3.63) is 65.5 Å². The van der Waals surface area contributed by atoms with Crippen molar-refractivity contribution in [2.45, 2.75) is 19.3 Å². The van der Waals surface area contributed by atoms with Crippen LogP contribution in [0.15, 0.2) is 48.5 Å². The molecule has 3 amide bonds. The summed E-state index contributed by atoms with van der Waals surface area (Å²) in [5.74, 6) is -0.981. The Labute approximate surface area is 180 Å². The topological polar surface area (TPSA) is 98.7 Å². The number of hydrogen-bond acceptors (Lipinski definition) is 4. The first-order valence-corrected chi connectivity index (χ1v) is 10.3. The SMILES string of the molecule is O=C(NCCCNC(=O)C1CCN(C(=O)c2ccc(F)cc2)CC1)c1cccc(O)c1. The third-order valence-corrected chi connectivity index (χ3v) is 5.29. The van der Waals surface area contributed by atoms with Gasteiger partial charge in [-0.3, -0.25) is 14.4 Å². The number of nitrogens with one attached hydrogen (secondary N) is 2. The average molecular weight is 427 g/mol. The number of carbonyl (C=O) groups is 3. The van der Waals surface area contributed by atoms with Crippen molar-refractivity contribution in [1.29, 1.82) is 0 Å². The lowest BCUT2D eigenvalue weighted by Gasteiger charge is -2.31. The van der Waals surface area contributed by atoms with E-state index in [-0.39, 0.29) is 35.2 Å². The van der Waals surface area contributed by atoms with Gasteiger partial charge in [-0.1, -0.05) is 6.07 Å². The Morgan fingerprint density at radius 3 is 2.32 bits per heavy atom. The molecule has 0 bridgehead atoms. The molecule has 8 heteroatoms. The molecular weight excluding hydrogens is 401 g/mol. The van der Waals surface area contributed by atoms with Crippen LogP contribution in [0.25, 0.3) is 0 Å². The van der Waals surface area contributed by atoms with Crippen LogP contribution in [0.5, 0.6) is 5.75 Å². The molecule has 1 heterocycles. The number of aromatic hydroxyl groups is 1. The van der Waals surface area contributed by atoms with Crippen molar-refractivity contribution in [3.8, 4) is 5.75 Å². The van der Waals surface area contributed by atoms with Gasteiger partial charge in [0.25, 0.3) is 11.8 Å². The van der Waals surface area contributed by atoms with Crippen LogP contribution < -0.4 is 10.6 Å². The highest BCUT2D eigenvalue weighted by molar-refractivity contribution is 5.95. The Hall–Kier alpha value is -3.42. The van der Waals surface area contributed by atoms with Crippen molar-refractivity contribution >= 4 is 17.7 Å². The van der Waals surface area contributed by atoms with Gasteiger partial charge in [0.05, 0.1) is 0 Å². The van der Waals surface area contributed by atoms with Crippen molar-refractivity contribution in [3.63, 3.8) is 0 Å². The second-order valence-electron chi connectivity index (χ2n) is 7.52. The van der Waals surface area contributed by atoms with Gasteiger partial charge in [0.1, 0.15) is 11.6 Å². The summed E-state index contributed by atoms with van der Waals surface area (Å²) in [5, 5.41) is 15.0. The maximum absolute atomic E-state index is 13.0. The summed E-state index contributed by atoms with van der Waals surface area (Å²) in [4.78, 5) is 38.5. The first kappa shape index (κ1) is 22.3. The van der Waals surface area contributed by atoms with E-state index in [1.807, 2.05) is 0 Å². The third-order valence-electron chi connectivity index (χ3n) is 5.29. The quantitative estimate of drug-likeness (QED) is 0.591. The molecule has 1 aliphatic heterocycles. The summed E-state index contributed by atoms with van der Waals surface area (Å²) in [7, 11) is 0. The standard InChI is InChI=1S/C23H26FN3O4/c24-19-7-5-17(6-8-19)23(31)27-13-9-16(10-14-27)21(29)25-11-2-12-26-22(30)18-3-1-4-20(28)15-18/h1,3-8,15-16,28H,2,9-14H2,(H,25,29)(H,26,30). The second-order valence-corrected chi connectivity index (χ2v) is 7.52. The number of benzene rings is 2. The number of phenolic OH excluding ortho intramolecular Hbond substituents is 1. The zero-order chi connectivity index (χ0) is 22.2. The number of nitrogens with zero attached hydrogens (tertiary/aromatic N) is 1. The third kappa shape index (κ3) is 6.28. The Kier molecular flexibility index (Phi) is 7.59. The van der Waals surface area contributed by atoms with Crippen LogP contribution in [0.1, 0.15) is 40.0 Å². The molecule has 2 aromatic rings. The van der Waals surface area contributed by atoms with Crippen LogP contribution in [0.2, 0.25) is 0 Å². The molecule has 7 nitrogen and oxygen atoms in total. The Bertz CT molecular complexity index is 925. The van der Waals surface area contributed by atoms with E-state index >= 15 is 0 Å². The maximum atomic E-state index is 13.0. The monoisotopic (exact) mass is 427 g/mol. The summed E-state index contributed by atoms with van der Waals surface area (Å²) in [5.41, 5.74) is 0.822. The predicted molar refractivity (Wildman–Crippen MR) is 113 cm³/mol. The highest BCUT2D eigenvalue weighted by Crippen LogP contribution is 2.19. The van der Waals surface area contributed by atoms with Crippen molar-refractivity contribution in [1.82, 2.24) is 15.5 Å². The molecule has 1 fully saturated rings. The number of halogens is 1. The van der Waals surface area contributed by atoms with Gasteiger partial charge in [-0.25, -0.2) is 4.39 Å². The van der Waals surface area contributed by atoms with Gasteiger partial charge in [-0.05, 0) is 61.7 Å². The van der Waals surface area contributed by atoms with Crippen molar-refractivity contribution in [2.75, 3.05) is 26.2 Å². The van der Waals surface area contributed by atoms with E-state index in [1.165, 1.54) is 36.4 Å². The maximum Gasteiger partial charge on any atom is 0.253 e. The molecule has 3 N–H and O–H groups in total. The van der Waals surface area contributed by atoms with Gasteiger partial charge >= 0.3 is 0 Å². The fourth-order valence-electron chi connectivity index (χ4n) is 3.52. The number of piperidine rings is 1. The van der Waals surface area contributed by atoms with Crippen LogP contribution in [-0.4, -0.2) is 53.9 Å². The number of likely N-dealkylation sites (tertiary alicyclic amines) is 1. The fourth-order valence-corrected chi connectivity index (χ4v) is 3.52. The molecule has 0 unspecified atom stereocenters. The molecule has 1 aliphatic rings. The van der Waals surface area contributed by atoms with Gasteiger partial charge in [0.15, 0.2) is 0 Å². The van der Waals surface area contributed by atoms with E-state index < -0.39 is 0 Å². The first-order valence-electron chi connectivity index (χ1n) is 10.3. The van der Waals surface area contributed by atoms with Crippen LogP contribution in [0.4, 0.5) is 4.39 Å². The van der Waals surface area contributed by atoms with Crippen LogP contribution in [-0.2, 0) is 4.79 Å². The van der Waals surface area contributed by atoms with Gasteiger partial charge in [0.2, 0.25) is 5.91 Å². The molecule has 31 heavy (non-hydrogen) atoms. The Morgan fingerprint density at radius 1 is 0.968 bits per heavy atom. The van der Waals surface area contributed by atoms with Crippen molar-refractivity contribution in [2.24, 2.45) is 5.92 Å². The van der Waals surface area contributed by atoms with Crippen molar-refractivity contribution < 1.29 is 23.9 Å². The number of carbonyl (C=O) groups excluding carboxylic acids is 3. The summed E-state index contributed by atoms with van der Waals surface area (Å²) in [6, 6.07) is 11.6. The number of hydrogen-bond donors (Lipinski definition) is 3. The second kappa shape index (κ2) is 10.6. The molecule has 0 aromatic heterocycles. The van der Waals surface area contributed by atoms with Gasteiger partial charge < -0.3 is 20.6 Å². The van der Waals surface area contributed by atoms with E-state index in [1.54, 1.807) is 17.0 Å². The number of amides is 3. The normalized spacial score (nSPS) is 14.2. The highest BCUT2D eigenvalue weighted by Gasteiger charge is 2.27. The smallest absolute Gasteiger partial charge is 0.253 e. The first-order chi connectivity index (χ1) is 14.9. The molecule has 0 saturated carbocycles. The number of rotatable bonds is 7. The molecule has 1 saturated heterocycles. The minimum atomic E-state index is -0.383. The molecular formula is C23H26FN3O4. The zero-order valence-corrected chi connectivity index (χ0v) is 17.1. The van der Waals surface area contributed by atoms with E-state index in [2.05, 4.69) is 10.6 Å². The largest absolute Gasteiger partial charge is 0.508 e. The molecule has 3 rings (SSSR count). The van der Waals surface area contributed by atoms with Crippen LogP contribution >= 0.6 is 0 Å². The van der Waals surface area contributed by atoms with Crippen LogP contribution in [0, 0.1) is 11.7 Å². The van der Waals surface area contributed by atoms with Gasteiger partial charge in [-0.15, -0.1) is 0 Å². The highest BCUT2D eigenvalue weighted by atomic mass is 19.1. The van der Waals surface area contributed by atoms with E-state index in [9.17, 15) is 23.9 Å². The van der Waals surface area contributed by atoms with E-state index in [4.69, 9.17) is 0 Å². The minimum absolute atomic E-state index is 0.0327. The lowest BCUT2D eigenvalue weighted by Crippen LogP contribution is -2.43. The molecule has 164 valence electrons. The molecule has 0 aliphatic carbocycles. The summed E-state index contributed by atoms with van der Waals surface area (Å²) < 4.78 is 13.0.